The van der Waals surface area contributed by atoms with Crippen LogP contribution < -0.4 is 15.4 Å². The molecule has 0 saturated heterocycles. The number of halogens is 1. The highest BCUT2D eigenvalue weighted by molar-refractivity contribution is 14.0. The number of rotatable bonds is 10. The summed E-state index contributed by atoms with van der Waals surface area (Å²) >= 11 is 0. The Kier molecular flexibility index (Phi) is 11.0. The van der Waals surface area contributed by atoms with Crippen molar-refractivity contribution in [3.05, 3.63) is 77.6 Å². The van der Waals surface area contributed by atoms with E-state index >= 15 is 0 Å². The van der Waals surface area contributed by atoms with Gasteiger partial charge in [-0.3, -0.25) is 4.99 Å². The molecule has 3 rings (SSSR count). The topological polar surface area (TPSA) is 72.7 Å². The zero-order chi connectivity index (χ0) is 21.9. The van der Waals surface area contributed by atoms with Crippen molar-refractivity contribution in [2.75, 3.05) is 27.4 Å². The predicted molar refractivity (Wildman–Crippen MR) is 139 cm³/mol. The standard InChI is InChI=1S/C24H31N5O2.HI/c1-19-6-9-21(23(16-19)31-15-5-14-30-3)18-27-24(25-2)26-17-20-7-10-22(11-8-20)29-13-4-12-28-29;/h4,6-13,16H,5,14-15,17-18H2,1-3H3,(H2,25,26,27);1H. The fraction of sp³-hybridized carbons (Fsp3) is 0.333. The lowest BCUT2D eigenvalue weighted by molar-refractivity contribution is 0.171. The number of aliphatic imine (C=N–C) groups is 1. The largest absolute Gasteiger partial charge is 0.493 e. The molecule has 0 fully saturated rings. The Morgan fingerprint density at radius 3 is 2.53 bits per heavy atom. The normalized spacial score (nSPS) is 11.0. The van der Waals surface area contributed by atoms with Crippen LogP contribution in [0.25, 0.3) is 5.69 Å². The van der Waals surface area contributed by atoms with Crippen LogP contribution in [0.5, 0.6) is 5.75 Å². The number of aryl methyl sites for hydroxylation is 1. The van der Waals surface area contributed by atoms with E-state index in [2.05, 4.69) is 70.1 Å². The third kappa shape index (κ3) is 7.83. The number of ether oxygens (including phenoxy) is 2. The van der Waals surface area contributed by atoms with Gasteiger partial charge >= 0.3 is 0 Å². The number of guanidine groups is 1. The van der Waals surface area contributed by atoms with Gasteiger partial charge in [-0.25, -0.2) is 4.68 Å². The Bertz CT molecular complexity index is 959. The van der Waals surface area contributed by atoms with Gasteiger partial charge in [-0.1, -0.05) is 24.3 Å². The van der Waals surface area contributed by atoms with Crippen molar-refractivity contribution in [2.45, 2.75) is 26.4 Å². The molecule has 0 spiro atoms. The quantitative estimate of drug-likeness (QED) is 0.173. The van der Waals surface area contributed by atoms with Crippen LogP contribution in [0.3, 0.4) is 0 Å². The van der Waals surface area contributed by atoms with Crippen molar-refractivity contribution in [1.82, 2.24) is 20.4 Å². The van der Waals surface area contributed by atoms with E-state index in [0.717, 1.165) is 34.9 Å². The third-order valence-corrected chi connectivity index (χ3v) is 4.81. The Labute approximate surface area is 207 Å². The first-order valence-corrected chi connectivity index (χ1v) is 10.4. The van der Waals surface area contributed by atoms with Crippen molar-refractivity contribution >= 4 is 29.9 Å². The van der Waals surface area contributed by atoms with Crippen LogP contribution in [0.4, 0.5) is 0 Å². The summed E-state index contributed by atoms with van der Waals surface area (Å²) in [4.78, 5) is 4.33. The summed E-state index contributed by atoms with van der Waals surface area (Å²) in [6.45, 7) is 4.69. The molecule has 3 aromatic rings. The highest BCUT2D eigenvalue weighted by Crippen LogP contribution is 2.20. The van der Waals surface area contributed by atoms with Gasteiger partial charge in [0.05, 0.1) is 12.3 Å². The van der Waals surface area contributed by atoms with Crippen molar-refractivity contribution in [1.29, 1.82) is 0 Å². The van der Waals surface area contributed by atoms with E-state index in [4.69, 9.17) is 9.47 Å². The molecule has 7 nitrogen and oxygen atoms in total. The number of hydrogen-bond acceptors (Lipinski definition) is 4. The van der Waals surface area contributed by atoms with E-state index < -0.39 is 0 Å². The number of nitrogens with zero attached hydrogens (tertiary/aromatic N) is 3. The maximum absolute atomic E-state index is 5.97. The summed E-state index contributed by atoms with van der Waals surface area (Å²) in [5.74, 6) is 1.63. The molecule has 0 bridgehead atoms. The van der Waals surface area contributed by atoms with E-state index in [0.29, 0.717) is 26.3 Å². The van der Waals surface area contributed by atoms with Crippen molar-refractivity contribution < 1.29 is 9.47 Å². The van der Waals surface area contributed by atoms with Crippen LogP contribution in [0.2, 0.25) is 0 Å². The second-order valence-electron chi connectivity index (χ2n) is 7.20. The average molecular weight is 549 g/mol. The Morgan fingerprint density at radius 1 is 1.06 bits per heavy atom. The molecule has 172 valence electrons. The molecule has 1 aromatic heterocycles. The molecule has 2 N–H and O–H groups in total. The SMILES string of the molecule is CN=C(NCc1ccc(-n2cccn2)cc1)NCc1ccc(C)cc1OCCCOC.I. The molecule has 1 heterocycles. The van der Waals surface area contributed by atoms with Crippen LogP contribution in [0.1, 0.15) is 23.1 Å². The molecule has 0 radical (unpaired) electrons. The highest BCUT2D eigenvalue weighted by atomic mass is 127. The zero-order valence-electron chi connectivity index (χ0n) is 18.9. The molecule has 0 amide bonds. The lowest BCUT2D eigenvalue weighted by atomic mass is 10.1. The van der Waals surface area contributed by atoms with E-state index in [1.807, 2.05) is 16.9 Å². The van der Waals surface area contributed by atoms with Gasteiger partial charge in [0.25, 0.3) is 0 Å². The van der Waals surface area contributed by atoms with E-state index in [1.54, 1.807) is 20.4 Å². The predicted octanol–water partition coefficient (Wildman–Crippen LogP) is 4.08. The fourth-order valence-electron chi connectivity index (χ4n) is 3.10. The highest BCUT2D eigenvalue weighted by Gasteiger charge is 2.06. The molecule has 32 heavy (non-hydrogen) atoms. The van der Waals surface area contributed by atoms with Gasteiger partial charge in [0.15, 0.2) is 5.96 Å². The van der Waals surface area contributed by atoms with Crippen LogP contribution in [-0.4, -0.2) is 43.1 Å². The molecule has 0 saturated carbocycles. The first-order chi connectivity index (χ1) is 15.2. The molecule has 2 aromatic carbocycles. The van der Waals surface area contributed by atoms with Gasteiger partial charge in [-0.05, 0) is 42.3 Å². The zero-order valence-corrected chi connectivity index (χ0v) is 21.2. The van der Waals surface area contributed by atoms with Gasteiger partial charge in [-0.2, -0.15) is 5.10 Å². The second kappa shape index (κ2) is 13.7. The van der Waals surface area contributed by atoms with Crippen molar-refractivity contribution in [2.24, 2.45) is 4.99 Å². The summed E-state index contributed by atoms with van der Waals surface area (Å²) in [6, 6.07) is 16.5. The van der Waals surface area contributed by atoms with E-state index in [-0.39, 0.29) is 24.0 Å². The van der Waals surface area contributed by atoms with Gasteiger partial charge in [0.1, 0.15) is 5.75 Å². The Balaban J connectivity index is 0.00000363. The van der Waals surface area contributed by atoms with Gasteiger partial charge in [-0.15, -0.1) is 24.0 Å². The number of nitrogens with one attached hydrogen (secondary N) is 2. The monoisotopic (exact) mass is 549 g/mol. The van der Waals surface area contributed by atoms with Crippen molar-refractivity contribution in [3.8, 4) is 11.4 Å². The van der Waals surface area contributed by atoms with E-state index in [9.17, 15) is 0 Å². The van der Waals surface area contributed by atoms with Crippen LogP contribution in [0.15, 0.2) is 65.9 Å². The number of methoxy groups -OCH3 is 1. The van der Waals surface area contributed by atoms with Crippen molar-refractivity contribution in [3.63, 3.8) is 0 Å². The van der Waals surface area contributed by atoms with Gasteiger partial charge in [0.2, 0.25) is 0 Å². The number of aromatic nitrogens is 2. The maximum atomic E-state index is 5.97. The fourth-order valence-corrected chi connectivity index (χ4v) is 3.10. The second-order valence-corrected chi connectivity index (χ2v) is 7.20. The smallest absolute Gasteiger partial charge is 0.191 e. The average Bonchev–Trinajstić information content (AvgIpc) is 3.33. The minimum atomic E-state index is 0. The summed E-state index contributed by atoms with van der Waals surface area (Å²) < 4.78 is 12.9. The lowest BCUT2D eigenvalue weighted by Crippen LogP contribution is -2.36. The lowest BCUT2D eigenvalue weighted by Gasteiger charge is -2.16. The molecular formula is C24H32IN5O2. The first kappa shape index (κ1) is 25.7. The van der Waals surface area contributed by atoms with Gasteiger partial charge in [0, 0.05) is 58.2 Å². The molecule has 0 unspecified atom stereocenters. The molecule has 0 aliphatic heterocycles. The summed E-state index contributed by atoms with van der Waals surface area (Å²) in [7, 11) is 3.47. The maximum Gasteiger partial charge on any atom is 0.191 e. The van der Waals surface area contributed by atoms with Crippen LogP contribution >= 0.6 is 24.0 Å². The third-order valence-electron chi connectivity index (χ3n) is 4.81. The Morgan fingerprint density at radius 2 is 1.84 bits per heavy atom. The number of benzene rings is 2. The van der Waals surface area contributed by atoms with Crippen LogP contribution in [0, 0.1) is 6.92 Å². The summed E-state index contributed by atoms with van der Waals surface area (Å²) in [5.41, 5.74) is 4.46. The number of hydrogen-bond donors (Lipinski definition) is 2. The Hall–Kier alpha value is -2.59. The summed E-state index contributed by atoms with van der Waals surface area (Å²) in [6.07, 6.45) is 4.56. The first-order valence-electron chi connectivity index (χ1n) is 10.4. The minimum absolute atomic E-state index is 0. The molecular weight excluding hydrogens is 517 g/mol. The van der Waals surface area contributed by atoms with Gasteiger partial charge < -0.3 is 20.1 Å². The molecule has 8 heteroatoms. The summed E-state index contributed by atoms with van der Waals surface area (Å²) in [5, 5.41) is 11.0. The minimum Gasteiger partial charge on any atom is -0.493 e. The molecule has 0 aliphatic carbocycles. The van der Waals surface area contributed by atoms with E-state index in [1.165, 1.54) is 5.56 Å². The molecule has 0 atom stereocenters. The van der Waals surface area contributed by atoms with Crippen LogP contribution in [-0.2, 0) is 17.8 Å². The molecule has 0 aliphatic rings.